The van der Waals surface area contributed by atoms with Gasteiger partial charge in [-0.2, -0.15) is 0 Å². The van der Waals surface area contributed by atoms with Crippen LogP contribution < -0.4 is 5.56 Å². The molecule has 0 radical (unpaired) electrons. The summed E-state index contributed by atoms with van der Waals surface area (Å²) in [5.74, 6) is 1.99. The smallest absolute Gasteiger partial charge is 0.271 e. The van der Waals surface area contributed by atoms with Crippen LogP contribution in [0.5, 0.6) is 0 Å². The highest BCUT2D eigenvalue weighted by molar-refractivity contribution is 5.92. The minimum Gasteiger partial charge on any atom is -0.337 e. The van der Waals surface area contributed by atoms with Gasteiger partial charge in [-0.25, -0.2) is 9.67 Å². The number of aromatic amines is 1. The fourth-order valence-corrected chi connectivity index (χ4v) is 4.23. The van der Waals surface area contributed by atoms with Crippen LogP contribution in [0.4, 0.5) is 0 Å². The van der Waals surface area contributed by atoms with Crippen LogP contribution in [0.1, 0.15) is 47.9 Å². The molecule has 1 amide bonds. The van der Waals surface area contributed by atoms with Crippen molar-refractivity contribution in [2.45, 2.75) is 38.1 Å². The molecular weight excluding hydrogens is 366 g/mol. The van der Waals surface area contributed by atoms with Crippen molar-refractivity contribution in [2.24, 2.45) is 5.92 Å². The molecule has 2 fully saturated rings. The first-order chi connectivity index (χ1) is 14.2. The van der Waals surface area contributed by atoms with Gasteiger partial charge in [-0.05, 0) is 43.7 Å². The van der Waals surface area contributed by atoms with Gasteiger partial charge in [0.05, 0.1) is 5.69 Å². The number of rotatable bonds is 5. The largest absolute Gasteiger partial charge is 0.337 e. The molecule has 7 heteroatoms. The minimum atomic E-state index is -0.229. The van der Waals surface area contributed by atoms with Gasteiger partial charge in [-0.15, -0.1) is 0 Å². The minimum absolute atomic E-state index is 0.123. The van der Waals surface area contributed by atoms with Gasteiger partial charge in [-0.1, -0.05) is 18.2 Å². The van der Waals surface area contributed by atoms with Crippen LogP contribution in [-0.2, 0) is 6.54 Å². The third-order valence-electron chi connectivity index (χ3n) is 5.94. The maximum absolute atomic E-state index is 13.1. The van der Waals surface area contributed by atoms with Crippen molar-refractivity contribution in [1.82, 2.24) is 24.2 Å². The van der Waals surface area contributed by atoms with Gasteiger partial charge in [0, 0.05) is 44.0 Å². The number of nitrogens with one attached hydrogen (secondary N) is 1. The lowest BCUT2D eigenvalue weighted by Crippen LogP contribution is -2.40. The van der Waals surface area contributed by atoms with Crippen LogP contribution >= 0.6 is 0 Å². The van der Waals surface area contributed by atoms with Crippen LogP contribution in [0.3, 0.4) is 0 Å². The number of amides is 1. The summed E-state index contributed by atoms with van der Waals surface area (Å²) in [5, 5.41) is 2.98. The number of likely N-dealkylation sites (tertiary alicyclic amines) is 1. The molecule has 5 rings (SSSR count). The average molecular weight is 391 g/mol. The number of piperidine rings is 1. The predicted octanol–water partition coefficient (Wildman–Crippen LogP) is 2.79. The standard InChI is InChI=1S/C22H25N5O2/c28-20-13-19(24-27(20)18-6-2-1-3-7-18)22(29)26-11-4-5-17(15-26)21-23-10-12-25(21)14-16-8-9-16/h1-3,6-7,10,12-13,16-17,24H,4-5,8-9,11,14-15H2. The summed E-state index contributed by atoms with van der Waals surface area (Å²) in [4.78, 5) is 31.9. The SMILES string of the molecule is O=C(c1cc(=O)n(-c2ccccc2)[nH]1)N1CCCC(c2nccn2CC2CC2)C1. The lowest BCUT2D eigenvalue weighted by molar-refractivity contribution is 0.0696. The van der Waals surface area contributed by atoms with E-state index in [1.165, 1.54) is 23.6 Å². The summed E-state index contributed by atoms with van der Waals surface area (Å²) < 4.78 is 3.68. The van der Waals surface area contributed by atoms with Gasteiger partial charge in [-0.3, -0.25) is 14.7 Å². The summed E-state index contributed by atoms with van der Waals surface area (Å²) in [6.07, 6.45) is 8.52. The Labute approximate surface area is 169 Å². The second-order valence-corrected chi connectivity index (χ2v) is 8.15. The van der Waals surface area contributed by atoms with Gasteiger partial charge in [0.15, 0.2) is 0 Å². The summed E-state index contributed by atoms with van der Waals surface area (Å²) >= 11 is 0. The number of carbonyl (C=O) groups is 1. The molecule has 1 aliphatic heterocycles. The van der Waals surface area contributed by atoms with E-state index in [-0.39, 0.29) is 17.4 Å². The highest BCUT2D eigenvalue weighted by Crippen LogP contribution is 2.33. The second kappa shape index (κ2) is 7.39. The molecule has 1 unspecified atom stereocenters. The van der Waals surface area contributed by atoms with E-state index in [0.717, 1.165) is 36.8 Å². The number of hydrogen-bond acceptors (Lipinski definition) is 3. The normalized spacial score (nSPS) is 19.4. The molecule has 3 heterocycles. The number of imidazole rings is 1. The molecule has 3 aromatic rings. The molecular formula is C22H25N5O2. The lowest BCUT2D eigenvalue weighted by Gasteiger charge is -2.32. The predicted molar refractivity (Wildman–Crippen MR) is 109 cm³/mol. The first-order valence-corrected chi connectivity index (χ1v) is 10.4. The zero-order chi connectivity index (χ0) is 19.8. The molecule has 0 spiro atoms. The van der Waals surface area contributed by atoms with Crippen molar-refractivity contribution in [3.63, 3.8) is 0 Å². The van der Waals surface area contributed by atoms with E-state index < -0.39 is 0 Å². The number of H-pyrrole nitrogens is 1. The molecule has 1 saturated carbocycles. The van der Waals surface area contributed by atoms with Crippen molar-refractivity contribution in [1.29, 1.82) is 0 Å². The third-order valence-corrected chi connectivity index (χ3v) is 5.94. The van der Waals surface area contributed by atoms with E-state index in [9.17, 15) is 9.59 Å². The average Bonchev–Trinajstić information content (AvgIpc) is 3.30. The van der Waals surface area contributed by atoms with Gasteiger partial charge >= 0.3 is 0 Å². The van der Waals surface area contributed by atoms with E-state index in [2.05, 4.69) is 20.8 Å². The Kier molecular flexibility index (Phi) is 4.58. The molecule has 1 aromatic carbocycles. The summed E-state index contributed by atoms with van der Waals surface area (Å²) in [6, 6.07) is 10.7. The molecule has 1 N–H and O–H groups in total. The Morgan fingerprint density at radius 2 is 2.00 bits per heavy atom. The lowest BCUT2D eigenvalue weighted by atomic mass is 9.96. The molecule has 1 atom stereocenters. The molecule has 7 nitrogen and oxygen atoms in total. The van der Waals surface area contributed by atoms with Crippen LogP contribution in [0.15, 0.2) is 53.6 Å². The van der Waals surface area contributed by atoms with Crippen LogP contribution in [0.25, 0.3) is 5.69 Å². The van der Waals surface area contributed by atoms with Crippen LogP contribution in [0, 0.1) is 5.92 Å². The van der Waals surface area contributed by atoms with Gasteiger partial charge < -0.3 is 9.47 Å². The highest BCUT2D eigenvalue weighted by atomic mass is 16.2. The molecule has 1 saturated heterocycles. The van der Waals surface area contributed by atoms with Crippen molar-refractivity contribution < 1.29 is 4.79 Å². The van der Waals surface area contributed by atoms with Crippen molar-refractivity contribution >= 4 is 5.91 Å². The highest BCUT2D eigenvalue weighted by Gasteiger charge is 2.30. The summed E-state index contributed by atoms with van der Waals surface area (Å²) in [7, 11) is 0. The fraction of sp³-hybridized carbons (Fsp3) is 0.409. The second-order valence-electron chi connectivity index (χ2n) is 8.15. The first kappa shape index (κ1) is 18.0. The number of benzene rings is 1. The van der Waals surface area contributed by atoms with Crippen molar-refractivity contribution in [3.8, 4) is 5.69 Å². The Morgan fingerprint density at radius 1 is 1.17 bits per heavy atom. The maximum atomic E-state index is 13.1. The van der Waals surface area contributed by atoms with E-state index in [1.54, 1.807) is 0 Å². The Morgan fingerprint density at radius 3 is 2.79 bits per heavy atom. The van der Waals surface area contributed by atoms with Gasteiger partial charge in [0.1, 0.15) is 11.5 Å². The Bertz CT molecular complexity index is 1060. The molecule has 29 heavy (non-hydrogen) atoms. The quantitative estimate of drug-likeness (QED) is 0.727. The van der Waals surface area contributed by atoms with Crippen molar-refractivity contribution in [2.75, 3.05) is 13.1 Å². The Hall–Kier alpha value is -3.09. The van der Waals surface area contributed by atoms with E-state index in [0.29, 0.717) is 18.8 Å². The number of para-hydroxylation sites is 1. The Balaban J connectivity index is 1.34. The monoisotopic (exact) mass is 391 g/mol. The fourth-order valence-electron chi connectivity index (χ4n) is 4.23. The number of nitrogens with zero attached hydrogens (tertiary/aromatic N) is 4. The van der Waals surface area contributed by atoms with Gasteiger partial charge in [0.2, 0.25) is 0 Å². The summed E-state index contributed by atoms with van der Waals surface area (Å²) in [6.45, 7) is 2.38. The zero-order valence-corrected chi connectivity index (χ0v) is 16.3. The van der Waals surface area contributed by atoms with E-state index >= 15 is 0 Å². The van der Waals surface area contributed by atoms with Crippen LogP contribution in [0.2, 0.25) is 0 Å². The molecule has 2 aromatic heterocycles. The number of carbonyl (C=O) groups excluding carboxylic acids is 1. The first-order valence-electron chi connectivity index (χ1n) is 10.4. The maximum Gasteiger partial charge on any atom is 0.271 e. The van der Waals surface area contributed by atoms with E-state index in [1.807, 2.05) is 41.4 Å². The van der Waals surface area contributed by atoms with Crippen molar-refractivity contribution in [3.05, 3.63) is 70.7 Å². The topological polar surface area (TPSA) is 75.9 Å². The number of aromatic nitrogens is 4. The van der Waals surface area contributed by atoms with E-state index in [4.69, 9.17) is 0 Å². The third kappa shape index (κ3) is 3.64. The van der Waals surface area contributed by atoms with Crippen LogP contribution in [-0.4, -0.2) is 43.2 Å². The summed E-state index contributed by atoms with van der Waals surface area (Å²) in [5.41, 5.74) is 0.823. The molecule has 0 bridgehead atoms. The molecule has 2 aliphatic rings. The molecule has 1 aliphatic carbocycles. The zero-order valence-electron chi connectivity index (χ0n) is 16.3. The van der Waals surface area contributed by atoms with Gasteiger partial charge in [0.25, 0.3) is 11.5 Å². The number of hydrogen-bond donors (Lipinski definition) is 1. The molecule has 150 valence electrons.